The zero-order chi connectivity index (χ0) is 19.1. The molecule has 3 rings (SSSR count). The van der Waals surface area contributed by atoms with Crippen LogP contribution in [0.1, 0.15) is 23.7 Å². The molecular formula is C22H23N3O2. The van der Waals surface area contributed by atoms with Crippen LogP contribution in [-0.4, -0.2) is 22.3 Å². The summed E-state index contributed by atoms with van der Waals surface area (Å²) in [6.45, 7) is 5.02. The quantitative estimate of drug-likeness (QED) is 0.639. The highest BCUT2D eigenvalue weighted by atomic mass is 16.5. The van der Waals surface area contributed by atoms with Gasteiger partial charge >= 0.3 is 0 Å². The normalized spacial score (nSPS) is 10.9. The number of hydrogen-bond acceptors (Lipinski definition) is 3. The maximum absolute atomic E-state index is 12.4. The number of para-hydroxylation sites is 1. The lowest BCUT2D eigenvalue weighted by atomic mass is 10.2. The van der Waals surface area contributed by atoms with Crippen molar-refractivity contribution in [1.29, 1.82) is 0 Å². The van der Waals surface area contributed by atoms with E-state index in [0.29, 0.717) is 19.0 Å². The smallest absolute Gasteiger partial charge is 0.249 e. The van der Waals surface area contributed by atoms with Crippen LogP contribution >= 0.6 is 0 Å². The van der Waals surface area contributed by atoms with E-state index in [2.05, 4.69) is 10.4 Å². The van der Waals surface area contributed by atoms with Crippen LogP contribution in [0.3, 0.4) is 0 Å². The molecule has 0 spiro atoms. The second kappa shape index (κ2) is 8.85. The molecular weight excluding hydrogens is 338 g/mol. The molecule has 138 valence electrons. The van der Waals surface area contributed by atoms with E-state index < -0.39 is 0 Å². The van der Waals surface area contributed by atoms with Gasteiger partial charge in [0.05, 0.1) is 18.8 Å². The van der Waals surface area contributed by atoms with Crippen molar-refractivity contribution in [2.45, 2.75) is 20.4 Å². The van der Waals surface area contributed by atoms with E-state index in [-0.39, 0.29) is 5.91 Å². The molecule has 1 aromatic heterocycles. The molecule has 0 saturated carbocycles. The number of anilines is 1. The van der Waals surface area contributed by atoms with E-state index in [9.17, 15) is 4.79 Å². The molecule has 0 radical (unpaired) electrons. The largest absolute Gasteiger partial charge is 0.493 e. The minimum Gasteiger partial charge on any atom is -0.493 e. The molecule has 5 nitrogen and oxygen atoms in total. The molecule has 1 N–H and O–H groups in total. The molecule has 27 heavy (non-hydrogen) atoms. The molecule has 0 unspecified atom stereocenters. The Hall–Kier alpha value is -3.34. The average molecular weight is 361 g/mol. The van der Waals surface area contributed by atoms with Crippen LogP contribution in [0.5, 0.6) is 5.75 Å². The summed E-state index contributed by atoms with van der Waals surface area (Å²) in [6, 6.07) is 19.5. The number of amides is 1. The van der Waals surface area contributed by atoms with Gasteiger partial charge in [0.25, 0.3) is 0 Å². The first-order valence-electron chi connectivity index (χ1n) is 8.95. The first-order chi connectivity index (χ1) is 13.2. The van der Waals surface area contributed by atoms with Crippen LogP contribution < -0.4 is 10.1 Å². The molecule has 0 saturated heterocycles. The number of nitrogens with one attached hydrogen (secondary N) is 1. The van der Waals surface area contributed by atoms with E-state index in [0.717, 1.165) is 22.6 Å². The van der Waals surface area contributed by atoms with Crippen LogP contribution in [0.4, 0.5) is 5.82 Å². The minimum atomic E-state index is -0.212. The van der Waals surface area contributed by atoms with Gasteiger partial charge in [-0.15, -0.1) is 0 Å². The fraction of sp³-hybridized carbons (Fsp3) is 0.182. The Morgan fingerprint density at radius 1 is 1.15 bits per heavy atom. The van der Waals surface area contributed by atoms with Crippen molar-refractivity contribution in [3.8, 4) is 5.75 Å². The summed E-state index contributed by atoms with van der Waals surface area (Å²) < 4.78 is 7.38. The number of rotatable bonds is 7. The Labute approximate surface area is 159 Å². The predicted octanol–water partition coefficient (Wildman–Crippen LogP) is 4.29. The van der Waals surface area contributed by atoms with Crippen molar-refractivity contribution in [2.75, 3.05) is 11.9 Å². The molecule has 1 amide bonds. The second-order valence-electron chi connectivity index (χ2n) is 6.11. The Bertz CT molecular complexity index is 930. The number of carbonyl (C=O) groups excluding carboxylic acids is 1. The summed E-state index contributed by atoms with van der Waals surface area (Å²) in [5, 5.41) is 7.38. The third-order valence-corrected chi connectivity index (χ3v) is 3.96. The van der Waals surface area contributed by atoms with E-state index in [1.165, 1.54) is 6.08 Å². The van der Waals surface area contributed by atoms with Crippen LogP contribution in [0.2, 0.25) is 0 Å². The number of aryl methyl sites for hydroxylation is 1. The van der Waals surface area contributed by atoms with Gasteiger partial charge in [0.2, 0.25) is 5.91 Å². The third-order valence-electron chi connectivity index (χ3n) is 3.96. The molecule has 2 aromatic carbocycles. The van der Waals surface area contributed by atoms with Crippen LogP contribution in [0.25, 0.3) is 6.08 Å². The van der Waals surface area contributed by atoms with Gasteiger partial charge in [-0.05, 0) is 31.6 Å². The lowest BCUT2D eigenvalue weighted by Gasteiger charge is -2.08. The topological polar surface area (TPSA) is 56.1 Å². The van der Waals surface area contributed by atoms with Crippen LogP contribution in [-0.2, 0) is 11.3 Å². The van der Waals surface area contributed by atoms with Gasteiger partial charge in [0.1, 0.15) is 11.6 Å². The molecule has 1 heterocycles. The first kappa shape index (κ1) is 18.5. The van der Waals surface area contributed by atoms with Gasteiger partial charge in [-0.25, -0.2) is 4.68 Å². The zero-order valence-electron chi connectivity index (χ0n) is 15.6. The fourth-order valence-corrected chi connectivity index (χ4v) is 2.76. The average Bonchev–Trinajstić information content (AvgIpc) is 3.01. The summed E-state index contributed by atoms with van der Waals surface area (Å²) in [7, 11) is 0. The maximum Gasteiger partial charge on any atom is 0.249 e. The molecule has 0 bridgehead atoms. The zero-order valence-corrected chi connectivity index (χ0v) is 15.6. The Morgan fingerprint density at radius 3 is 2.67 bits per heavy atom. The van der Waals surface area contributed by atoms with Crippen molar-refractivity contribution >= 4 is 17.8 Å². The van der Waals surface area contributed by atoms with E-state index in [1.54, 1.807) is 10.8 Å². The van der Waals surface area contributed by atoms with Crippen molar-refractivity contribution in [3.63, 3.8) is 0 Å². The van der Waals surface area contributed by atoms with Crippen molar-refractivity contribution in [3.05, 3.63) is 83.6 Å². The van der Waals surface area contributed by atoms with Crippen LogP contribution in [0, 0.1) is 6.92 Å². The molecule has 0 aliphatic carbocycles. The van der Waals surface area contributed by atoms with Gasteiger partial charge in [-0.3, -0.25) is 4.79 Å². The van der Waals surface area contributed by atoms with Crippen molar-refractivity contribution < 1.29 is 9.53 Å². The summed E-state index contributed by atoms with van der Waals surface area (Å²) in [5.74, 6) is 1.22. The Balaban J connectivity index is 1.71. The van der Waals surface area contributed by atoms with Gasteiger partial charge < -0.3 is 10.1 Å². The van der Waals surface area contributed by atoms with E-state index >= 15 is 0 Å². The van der Waals surface area contributed by atoms with E-state index in [4.69, 9.17) is 4.74 Å². The molecule has 5 heteroatoms. The highest BCUT2D eigenvalue weighted by molar-refractivity contribution is 6.01. The Morgan fingerprint density at radius 2 is 1.89 bits per heavy atom. The maximum atomic E-state index is 12.4. The molecule has 3 aromatic rings. The number of hydrogen-bond donors (Lipinski definition) is 1. The molecule has 0 aliphatic rings. The number of aromatic nitrogens is 2. The highest BCUT2D eigenvalue weighted by Gasteiger charge is 2.08. The summed E-state index contributed by atoms with van der Waals surface area (Å²) in [6.07, 6.45) is 3.26. The highest BCUT2D eigenvalue weighted by Crippen LogP contribution is 2.19. The first-order valence-corrected chi connectivity index (χ1v) is 8.95. The summed E-state index contributed by atoms with van der Waals surface area (Å²) in [5.41, 5.74) is 2.84. The monoisotopic (exact) mass is 361 g/mol. The number of ether oxygens (including phenoxy) is 1. The minimum absolute atomic E-state index is 0.212. The van der Waals surface area contributed by atoms with Gasteiger partial charge in [0.15, 0.2) is 0 Å². The summed E-state index contributed by atoms with van der Waals surface area (Å²) in [4.78, 5) is 12.4. The fourth-order valence-electron chi connectivity index (χ4n) is 2.76. The molecule has 0 atom stereocenters. The summed E-state index contributed by atoms with van der Waals surface area (Å²) >= 11 is 0. The lowest BCUT2D eigenvalue weighted by Crippen LogP contribution is -2.13. The third kappa shape index (κ3) is 5.07. The standard InChI is InChI=1S/C22H23N3O2/c1-3-27-20-12-8-7-11-19(20)13-14-22(26)23-21-15-17(2)24-25(21)16-18-9-5-4-6-10-18/h4-15H,3,16H2,1-2H3,(H,23,26)/b14-13+. The number of carbonyl (C=O) groups is 1. The SMILES string of the molecule is CCOc1ccccc1/C=C/C(=O)Nc1cc(C)nn1Cc1ccccc1. The van der Waals surface area contributed by atoms with Gasteiger partial charge in [-0.1, -0.05) is 48.5 Å². The van der Waals surface area contributed by atoms with Gasteiger partial charge in [-0.2, -0.15) is 5.10 Å². The van der Waals surface area contributed by atoms with Gasteiger partial charge in [0, 0.05) is 17.7 Å². The predicted molar refractivity (Wildman–Crippen MR) is 108 cm³/mol. The Kier molecular flexibility index (Phi) is 6.05. The van der Waals surface area contributed by atoms with Crippen LogP contribution in [0.15, 0.2) is 66.7 Å². The van der Waals surface area contributed by atoms with Crippen molar-refractivity contribution in [2.24, 2.45) is 0 Å². The number of nitrogens with zero attached hydrogens (tertiary/aromatic N) is 2. The van der Waals surface area contributed by atoms with Crippen molar-refractivity contribution in [1.82, 2.24) is 9.78 Å². The van der Waals surface area contributed by atoms with E-state index in [1.807, 2.05) is 74.5 Å². The molecule has 0 aliphatic heterocycles. The number of benzene rings is 2. The lowest BCUT2D eigenvalue weighted by molar-refractivity contribution is -0.111. The molecule has 0 fully saturated rings. The second-order valence-corrected chi connectivity index (χ2v) is 6.11.